The molecule has 0 aromatic heterocycles. The van der Waals surface area contributed by atoms with E-state index >= 15 is 0 Å². The number of rotatable bonds is 4. The minimum absolute atomic E-state index is 0.0539. The maximum atomic E-state index is 10.6. The normalized spacial score (nSPS) is 28.2. The van der Waals surface area contributed by atoms with Crippen molar-refractivity contribution in [3.8, 4) is 11.5 Å². The van der Waals surface area contributed by atoms with Gasteiger partial charge in [0.2, 0.25) is 0 Å². The molecule has 1 saturated carbocycles. The zero-order valence-electron chi connectivity index (χ0n) is 12.3. The fourth-order valence-electron chi connectivity index (χ4n) is 3.14. The van der Waals surface area contributed by atoms with Crippen LogP contribution in [0.4, 0.5) is 0 Å². The van der Waals surface area contributed by atoms with Crippen LogP contribution in [0.15, 0.2) is 18.2 Å². The highest BCUT2D eigenvalue weighted by Crippen LogP contribution is 2.33. The summed E-state index contributed by atoms with van der Waals surface area (Å²) in [5.74, 6) is 0.695. The maximum absolute atomic E-state index is 10.6. The van der Waals surface area contributed by atoms with Gasteiger partial charge in [0.1, 0.15) is 11.5 Å². The monoisotopic (exact) mass is 279 g/mol. The van der Waals surface area contributed by atoms with Crippen molar-refractivity contribution < 1.29 is 15.3 Å². The van der Waals surface area contributed by atoms with Crippen molar-refractivity contribution >= 4 is 0 Å². The fourth-order valence-corrected chi connectivity index (χ4v) is 3.14. The number of nitrogens with one attached hydrogen (secondary N) is 1. The van der Waals surface area contributed by atoms with Crippen LogP contribution in [0.1, 0.15) is 51.1 Å². The summed E-state index contributed by atoms with van der Waals surface area (Å²) >= 11 is 0. The molecule has 1 aromatic carbocycles. The van der Waals surface area contributed by atoms with Crippen LogP contribution in [-0.2, 0) is 0 Å². The first-order valence-corrected chi connectivity index (χ1v) is 7.37. The van der Waals surface area contributed by atoms with Gasteiger partial charge in [0, 0.05) is 24.2 Å². The Kier molecular flexibility index (Phi) is 4.55. The van der Waals surface area contributed by atoms with Gasteiger partial charge in [0.15, 0.2) is 0 Å². The summed E-state index contributed by atoms with van der Waals surface area (Å²) < 4.78 is 0. The number of aliphatic hydroxyl groups is 1. The highest BCUT2D eigenvalue weighted by molar-refractivity contribution is 5.40. The third kappa shape index (κ3) is 3.64. The molecule has 0 bridgehead atoms. The van der Waals surface area contributed by atoms with Gasteiger partial charge in [-0.15, -0.1) is 0 Å². The molecular weight excluding hydrogens is 254 g/mol. The Bertz CT molecular complexity index is 463. The quantitative estimate of drug-likeness (QED) is 0.684. The second-order valence-electron chi connectivity index (χ2n) is 6.27. The average molecular weight is 279 g/mol. The van der Waals surface area contributed by atoms with Gasteiger partial charge in [-0.3, -0.25) is 0 Å². The van der Waals surface area contributed by atoms with Crippen molar-refractivity contribution in [2.24, 2.45) is 5.92 Å². The van der Waals surface area contributed by atoms with E-state index in [1.165, 1.54) is 12.5 Å². The molecule has 0 spiro atoms. The van der Waals surface area contributed by atoms with E-state index in [2.05, 4.69) is 12.2 Å². The van der Waals surface area contributed by atoms with Gasteiger partial charge < -0.3 is 20.6 Å². The molecule has 20 heavy (non-hydrogen) atoms. The van der Waals surface area contributed by atoms with Crippen molar-refractivity contribution in [1.29, 1.82) is 0 Å². The summed E-state index contributed by atoms with van der Waals surface area (Å²) in [5.41, 5.74) is 0.0913. The first kappa shape index (κ1) is 15.1. The lowest BCUT2D eigenvalue weighted by Crippen LogP contribution is -2.44. The van der Waals surface area contributed by atoms with Crippen LogP contribution >= 0.6 is 0 Å². The molecule has 2 rings (SSSR count). The number of phenols is 2. The van der Waals surface area contributed by atoms with Crippen LogP contribution in [0, 0.1) is 5.92 Å². The molecule has 4 N–H and O–H groups in total. The molecule has 4 nitrogen and oxygen atoms in total. The number of hydrogen-bond acceptors (Lipinski definition) is 4. The topological polar surface area (TPSA) is 72.7 Å². The molecule has 0 radical (unpaired) electrons. The standard InChI is InChI=1S/C16H25NO3/c1-11-4-3-7-16(20,9-11)10-17-12(2)14-6-5-13(18)8-15(14)19/h5-6,8,11-12,17-20H,3-4,7,9-10H2,1-2H3. The van der Waals surface area contributed by atoms with E-state index in [-0.39, 0.29) is 17.5 Å². The van der Waals surface area contributed by atoms with Crippen molar-refractivity contribution in [3.63, 3.8) is 0 Å². The van der Waals surface area contributed by atoms with E-state index in [1.807, 2.05) is 6.92 Å². The third-order valence-corrected chi connectivity index (χ3v) is 4.29. The Morgan fingerprint density at radius 2 is 2.15 bits per heavy atom. The molecule has 1 aliphatic carbocycles. The Balaban J connectivity index is 1.96. The van der Waals surface area contributed by atoms with Crippen molar-refractivity contribution in [3.05, 3.63) is 23.8 Å². The Morgan fingerprint density at radius 3 is 2.80 bits per heavy atom. The van der Waals surface area contributed by atoms with Gasteiger partial charge in [-0.25, -0.2) is 0 Å². The van der Waals surface area contributed by atoms with E-state index in [0.717, 1.165) is 24.8 Å². The van der Waals surface area contributed by atoms with E-state index in [0.29, 0.717) is 12.5 Å². The second-order valence-corrected chi connectivity index (χ2v) is 6.27. The summed E-state index contributed by atoms with van der Waals surface area (Å²) in [5, 5.41) is 33.0. The molecule has 112 valence electrons. The Hall–Kier alpha value is -1.26. The van der Waals surface area contributed by atoms with Crippen LogP contribution in [0.25, 0.3) is 0 Å². The molecule has 4 heteroatoms. The molecule has 0 saturated heterocycles. The lowest BCUT2D eigenvalue weighted by atomic mass is 9.79. The van der Waals surface area contributed by atoms with Crippen molar-refractivity contribution in [2.45, 2.75) is 51.2 Å². The zero-order valence-corrected chi connectivity index (χ0v) is 12.3. The van der Waals surface area contributed by atoms with Crippen LogP contribution in [0.3, 0.4) is 0 Å². The van der Waals surface area contributed by atoms with E-state index in [1.54, 1.807) is 12.1 Å². The fraction of sp³-hybridized carbons (Fsp3) is 0.625. The third-order valence-electron chi connectivity index (χ3n) is 4.29. The molecule has 1 fully saturated rings. The molecule has 3 atom stereocenters. The number of aromatic hydroxyl groups is 2. The molecule has 1 aliphatic rings. The maximum Gasteiger partial charge on any atom is 0.124 e. The molecule has 1 aromatic rings. The average Bonchev–Trinajstić information content (AvgIpc) is 2.36. The van der Waals surface area contributed by atoms with Crippen LogP contribution in [-0.4, -0.2) is 27.5 Å². The predicted octanol–water partition coefficient (Wildman–Crippen LogP) is 2.69. The first-order valence-electron chi connectivity index (χ1n) is 7.37. The largest absolute Gasteiger partial charge is 0.508 e. The number of phenolic OH excluding ortho intramolecular Hbond substituents is 2. The van der Waals surface area contributed by atoms with Crippen molar-refractivity contribution in [1.82, 2.24) is 5.32 Å². The molecule has 0 heterocycles. The predicted molar refractivity (Wildman–Crippen MR) is 78.8 cm³/mol. The molecule has 3 unspecified atom stereocenters. The second kappa shape index (κ2) is 6.02. The number of hydrogen-bond donors (Lipinski definition) is 4. The minimum atomic E-state index is -0.640. The summed E-state index contributed by atoms with van der Waals surface area (Å²) in [4.78, 5) is 0. The highest BCUT2D eigenvalue weighted by atomic mass is 16.3. The lowest BCUT2D eigenvalue weighted by molar-refractivity contribution is -0.0134. The van der Waals surface area contributed by atoms with Crippen LogP contribution in [0.5, 0.6) is 11.5 Å². The smallest absolute Gasteiger partial charge is 0.124 e. The van der Waals surface area contributed by atoms with E-state index in [9.17, 15) is 15.3 Å². The Labute approximate surface area is 120 Å². The summed E-state index contributed by atoms with van der Waals surface area (Å²) in [6.07, 6.45) is 3.92. The minimum Gasteiger partial charge on any atom is -0.508 e. The summed E-state index contributed by atoms with van der Waals surface area (Å²) in [7, 11) is 0. The van der Waals surface area contributed by atoms with Crippen LogP contribution < -0.4 is 5.32 Å². The molecule has 0 amide bonds. The van der Waals surface area contributed by atoms with Gasteiger partial charge in [-0.05, 0) is 31.7 Å². The molecular formula is C16H25NO3. The summed E-state index contributed by atoms with van der Waals surface area (Å²) in [6, 6.07) is 4.53. The van der Waals surface area contributed by atoms with Gasteiger partial charge >= 0.3 is 0 Å². The van der Waals surface area contributed by atoms with Gasteiger partial charge in [-0.2, -0.15) is 0 Å². The summed E-state index contributed by atoms with van der Waals surface area (Å²) in [6.45, 7) is 4.65. The SMILES string of the molecule is CC1CCCC(O)(CNC(C)c2ccc(O)cc2O)C1. The van der Waals surface area contributed by atoms with Gasteiger partial charge in [-0.1, -0.05) is 25.8 Å². The number of benzene rings is 1. The van der Waals surface area contributed by atoms with Crippen LogP contribution in [0.2, 0.25) is 0 Å². The first-order chi connectivity index (χ1) is 9.39. The lowest BCUT2D eigenvalue weighted by Gasteiger charge is -2.36. The van der Waals surface area contributed by atoms with Gasteiger partial charge in [0.05, 0.1) is 5.60 Å². The van der Waals surface area contributed by atoms with Gasteiger partial charge in [0.25, 0.3) is 0 Å². The highest BCUT2D eigenvalue weighted by Gasteiger charge is 2.32. The molecule has 0 aliphatic heterocycles. The van der Waals surface area contributed by atoms with Crippen molar-refractivity contribution in [2.75, 3.05) is 6.54 Å². The van der Waals surface area contributed by atoms with E-state index in [4.69, 9.17) is 0 Å². The zero-order chi connectivity index (χ0) is 14.8. The van der Waals surface area contributed by atoms with E-state index < -0.39 is 5.60 Å². The Morgan fingerprint density at radius 1 is 1.40 bits per heavy atom.